The third-order valence-corrected chi connectivity index (χ3v) is 3.31. The third-order valence-electron chi connectivity index (χ3n) is 3.31. The Morgan fingerprint density at radius 3 is 3.00 bits per heavy atom. The van der Waals surface area contributed by atoms with Crippen LogP contribution in [-0.2, 0) is 9.59 Å². The average Bonchev–Trinajstić information content (AvgIpc) is 2.82. The number of nitrogens with zero attached hydrogens (tertiary/aromatic N) is 2. The van der Waals surface area contributed by atoms with Gasteiger partial charge in [-0.3, -0.25) is 9.59 Å². The monoisotopic (exact) mass is 282 g/mol. The van der Waals surface area contributed by atoms with Crippen molar-refractivity contribution in [2.75, 3.05) is 13.2 Å². The van der Waals surface area contributed by atoms with Gasteiger partial charge in [0.05, 0.1) is 6.42 Å². The summed E-state index contributed by atoms with van der Waals surface area (Å²) in [6, 6.07) is 1.36. The summed E-state index contributed by atoms with van der Waals surface area (Å²) in [5.41, 5.74) is 0. The molecule has 20 heavy (non-hydrogen) atoms. The van der Waals surface area contributed by atoms with Crippen molar-refractivity contribution in [3.05, 3.63) is 11.8 Å². The van der Waals surface area contributed by atoms with Gasteiger partial charge in [0.1, 0.15) is 5.76 Å². The standard InChI is InChI=1S/C13H18N2O5/c1-9-6-11(14-20-9)19-8-12(16)15-5-3-2-4-10(15)7-13(17)18/h6,10H,2-5,7-8H2,1H3,(H,17,18). The topological polar surface area (TPSA) is 92.9 Å². The summed E-state index contributed by atoms with van der Waals surface area (Å²) in [7, 11) is 0. The van der Waals surface area contributed by atoms with Gasteiger partial charge in [-0.2, -0.15) is 0 Å². The van der Waals surface area contributed by atoms with Crippen molar-refractivity contribution in [1.82, 2.24) is 10.1 Å². The van der Waals surface area contributed by atoms with Crippen molar-refractivity contribution >= 4 is 11.9 Å². The lowest BCUT2D eigenvalue weighted by molar-refractivity contribution is -0.142. The number of carbonyl (C=O) groups is 2. The summed E-state index contributed by atoms with van der Waals surface area (Å²) in [4.78, 5) is 24.5. The normalized spacial score (nSPS) is 18.9. The highest BCUT2D eigenvalue weighted by Crippen LogP contribution is 2.20. The molecule has 1 aromatic heterocycles. The van der Waals surface area contributed by atoms with E-state index in [1.165, 1.54) is 0 Å². The molecule has 0 bridgehead atoms. The number of hydrogen-bond donors (Lipinski definition) is 1. The highest BCUT2D eigenvalue weighted by Gasteiger charge is 2.28. The van der Waals surface area contributed by atoms with Crippen molar-refractivity contribution in [2.45, 2.75) is 38.6 Å². The van der Waals surface area contributed by atoms with Crippen LogP contribution in [0.3, 0.4) is 0 Å². The van der Waals surface area contributed by atoms with E-state index in [9.17, 15) is 9.59 Å². The van der Waals surface area contributed by atoms with Crippen molar-refractivity contribution in [1.29, 1.82) is 0 Å². The van der Waals surface area contributed by atoms with Gasteiger partial charge in [-0.1, -0.05) is 0 Å². The Hall–Kier alpha value is -2.05. The van der Waals surface area contributed by atoms with E-state index in [0.717, 1.165) is 19.3 Å². The minimum Gasteiger partial charge on any atom is -0.481 e. The van der Waals surface area contributed by atoms with Crippen LogP contribution in [0, 0.1) is 6.92 Å². The number of rotatable bonds is 5. The lowest BCUT2D eigenvalue weighted by Gasteiger charge is -2.34. The van der Waals surface area contributed by atoms with Crippen LogP contribution in [0.5, 0.6) is 5.88 Å². The maximum absolute atomic E-state index is 12.1. The van der Waals surface area contributed by atoms with Crippen LogP contribution in [0.1, 0.15) is 31.4 Å². The average molecular weight is 282 g/mol. The zero-order valence-electron chi connectivity index (χ0n) is 11.4. The number of carboxylic acids is 1. The number of aryl methyl sites for hydroxylation is 1. The number of aliphatic carboxylic acids is 1. The molecule has 7 nitrogen and oxygen atoms in total. The first-order valence-electron chi connectivity index (χ1n) is 6.63. The molecule has 1 amide bonds. The number of piperidine rings is 1. The Balaban J connectivity index is 1.90. The van der Waals surface area contributed by atoms with Crippen LogP contribution in [0.4, 0.5) is 0 Å². The maximum atomic E-state index is 12.1. The van der Waals surface area contributed by atoms with E-state index < -0.39 is 5.97 Å². The smallest absolute Gasteiger partial charge is 0.305 e. The predicted molar refractivity (Wildman–Crippen MR) is 68.3 cm³/mol. The number of ether oxygens (including phenoxy) is 1. The Labute approximate surface area is 116 Å². The molecular formula is C13H18N2O5. The van der Waals surface area contributed by atoms with Crippen LogP contribution in [0.15, 0.2) is 10.6 Å². The lowest BCUT2D eigenvalue weighted by Crippen LogP contribution is -2.46. The van der Waals surface area contributed by atoms with Crippen LogP contribution in [0.2, 0.25) is 0 Å². The van der Waals surface area contributed by atoms with Crippen molar-refractivity contribution in [3.8, 4) is 5.88 Å². The van der Waals surface area contributed by atoms with Crippen LogP contribution in [-0.4, -0.2) is 46.2 Å². The number of likely N-dealkylation sites (tertiary alicyclic amines) is 1. The summed E-state index contributed by atoms with van der Waals surface area (Å²) < 4.78 is 10.1. The molecular weight excluding hydrogens is 264 g/mol. The first-order chi connectivity index (χ1) is 9.56. The SMILES string of the molecule is Cc1cc(OCC(=O)N2CCCCC2CC(=O)O)no1. The molecule has 1 aliphatic rings. The molecule has 1 aliphatic heterocycles. The van der Waals surface area contributed by atoms with E-state index in [1.54, 1.807) is 17.9 Å². The van der Waals surface area contributed by atoms with Crippen LogP contribution < -0.4 is 4.74 Å². The first kappa shape index (κ1) is 14.4. The van der Waals surface area contributed by atoms with E-state index >= 15 is 0 Å². The van der Waals surface area contributed by atoms with E-state index in [-0.39, 0.29) is 30.9 Å². The predicted octanol–water partition coefficient (Wildman–Crippen LogP) is 1.22. The summed E-state index contributed by atoms with van der Waals surface area (Å²) in [5.74, 6) is -0.226. The zero-order chi connectivity index (χ0) is 14.5. The molecule has 7 heteroatoms. The number of hydrogen-bond acceptors (Lipinski definition) is 5. The van der Waals surface area contributed by atoms with Gasteiger partial charge in [0.2, 0.25) is 0 Å². The summed E-state index contributed by atoms with van der Waals surface area (Å²) in [6.45, 7) is 2.16. The molecule has 1 fully saturated rings. The second-order valence-electron chi connectivity index (χ2n) is 4.90. The van der Waals surface area contributed by atoms with Crippen molar-refractivity contribution < 1.29 is 24.0 Å². The molecule has 2 heterocycles. The highest BCUT2D eigenvalue weighted by atomic mass is 16.5. The molecule has 0 spiro atoms. The van der Waals surface area contributed by atoms with Gasteiger partial charge in [0, 0.05) is 18.7 Å². The van der Waals surface area contributed by atoms with Crippen molar-refractivity contribution in [3.63, 3.8) is 0 Å². The number of aromatic nitrogens is 1. The molecule has 0 radical (unpaired) electrons. The van der Waals surface area contributed by atoms with E-state index in [0.29, 0.717) is 12.3 Å². The molecule has 0 aromatic carbocycles. The van der Waals surface area contributed by atoms with Crippen LogP contribution in [0.25, 0.3) is 0 Å². The lowest BCUT2D eigenvalue weighted by atomic mass is 9.99. The molecule has 2 rings (SSSR count). The number of amides is 1. The second-order valence-corrected chi connectivity index (χ2v) is 4.90. The van der Waals surface area contributed by atoms with E-state index in [2.05, 4.69) is 5.16 Å². The Morgan fingerprint density at radius 1 is 1.55 bits per heavy atom. The molecule has 1 saturated heterocycles. The fraction of sp³-hybridized carbons (Fsp3) is 0.615. The highest BCUT2D eigenvalue weighted by molar-refractivity contribution is 5.79. The third kappa shape index (κ3) is 3.72. The fourth-order valence-corrected chi connectivity index (χ4v) is 2.37. The molecule has 0 aliphatic carbocycles. The quantitative estimate of drug-likeness (QED) is 0.872. The molecule has 0 saturated carbocycles. The van der Waals surface area contributed by atoms with Gasteiger partial charge in [0.25, 0.3) is 11.8 Å². The minimum absolute atomic E-state index is 0.0190. The Bertz CT molecular complexity index is 485. The van der Waals surface area contributed by atoms with Gasteiger partial charge < -0.3 is 19.3 Å². The summed E-state index contributed by atoms with van der Waals surface area (Å²) >= 11 is 0. The molecule has 1 N–H and O–H groups in total. The fourth-order valence-electron chi connectivity index (χ4n) is 2.37. The van der Waals surface area contributed by atoms with Gasteiger partial charge in [-0.25, -0.2) is 0 Å². The van der Waals surface area contributed by atoms with Gasteiger partial charge >= 0.3 is 5.97 Å². The minimum atomic E-state index is -0.886. The summed E-state index contributed by atoms with van der Waals surface area (Å²) in [5, 5.41) is 12.5. The number of carboxylic acid groups (broad SMARTS) is 1. The molecule has 110 valence electrons. The van der Waals surface area contributed by atoms with Gasteiger partial charge in [0.15, 0.2) is 6.61 Å². The van der Waals surface area contributed by atoms with E-state index in [4.69, 9.17) is 14.4 Å². The molecule has 1 unspecified atom stereocenters. The van der Waals surface area contributed by atoms with Crippen molar-refractivity contribution in [2.24, 2.45) is 0 Å². The molecule has 1 aromatic rings. The largest absolute Gasteiger partial charge is 0.481 e. The van der Waals surface area contributed by atoms with Gasteiger partial charge in [-0.05, 0) is 31.3 Å². The summed E-state index contributed by atoms with van der Waals surface area (Å²) in [6.07, 6.45) is 2.55. The van der Waals surface area contributed by atoms with E-state index in [1.807, 2.05) is 0 Å². The second kappa shape index (κ2) is 6.40. The first-order valence-corrected chi connectivity index (χ1v) is 6.63. The Kier molecular flexibility index (Phi) is 4.60. The Morgan fingerprint density at radius 2 is 2.35 bits per heavy atom. The molecule has 1 atom stereocenters. The maximum Gasteiger partial charge on any atom is 0.305 e. The van der Waals surface area contributed by atoms with Gasteiger partial charge in [-0.15, -0.1) is 0 Å². The van der Waals surface area contributed by atoms with Crippen LogP contribution >= 0.6 is 0 Å². The zero-order valence-corrected chi connectivity index (χ0v) is 11.4. The number of carbonyl (C=O) groups excluding carboxylic acids is 1.